The van der Waals surface area contributed by atoms with Gasteiger partial charge < -0.3 is 5.32 Å². The molecule has 1 N–H and O–H groups in total. The van der Waals surface area contributed by atoms with Crippen molar-refractivity contribution in [1.82, 2.24) is 0 Å². The van der Waals surface area contributed by atoms with Crippen LogP contribution in [0.5, 0.6) is 0 Å². The summed E-state index contributed by atoms with van der Waals surface area (Å²) < 4.78 is 13.9. The van der Waals surface area contributed by atoms with Gasteiger partial charge in [-0.05, 0) is 46.1 Å². The highest BCUT2D eigenvalue weighted by Gasteiger charge is 2.18. The van der Waals surface area contributed by atoms with Crippen molar-refractivity contribution in [1.29, 1.82) is 0 Å². The first-order valence-corrected chi connectivity index (χ1v) is 7.17. The number of nitrogens with one attached hydrogen (secondary N) is 1. The monoisotopic (exact) mass is 355 g/mol. The SMILES string of the molecule is Cc1cc(Br)c(F)cc1NC(=O)C(Cl)c1ccccc1. The lowest BCUT2D eigenvalue weighted by atomic mass is 10.1. The van der Waals surface area contributed by atoms with Crippen LogP contribution in [0.25, 0.3) is 0 Å². The van der Waals surface area contributed by atoms with Gasteiger partial charge in [-0.1, -0.05) is 30.3 Å². The fourth-order valence-electron chi connectivity index (χ4n) is 1.75. The molecule has 2 aromatic carbocycles. The van der Waals surface area contributed by atoms with Gasteiger partial charge >= 0.3 is 0 Å². The fraction of sp³-hybridized carbons (Fsp3) is 0.133. The Bertz CT molecular complexity index is 633. The molecule has 1 atom stereocenters. The quantitative estimate of drug-likeness (QED) is 0.785. The van der Waals surface area contributed by atoms with Gasteiger partial charge in [0.1, 0.15) is 11.2 Å². The third-order valence-electron chi connectivity index (χ3n) is 2.85. The highest BCUT2D eigenvalue weighted by molar-refractivity contribution is 9.10. The first kappa shape index (κ1) is 15.0. The molecule has 1 unspecified atom stereocenters. The summed E-state index contributed by atoms with van der Waals surface area (Å²) in [5.74, 6) is -0.820. The Labute approximate surface area is 130 Å². The maximum Gasteiger partial charge on any atom is 0.246 e. The summed E-state index contributed by atoms with van der Waals surface area (Å²) in [5, 5.41) is 1.83. The largest absolute Gasteiger partial charge is 0.324 e. The van der Waals surface area contributed by atoms with E-state index >= 15 is 0 Å². The number of aryl methyl sites for hydroxylation is 1. The van der Waals surface area contributed by atoms with E-state index in [4.69, 9.17) is 11.6 Å². The number of halogens is 3. The Morgan fingerprint density at radius 3 is 2.60 bits per heavy atom. The van der Waals surface area contributed by atoms with E-state index in [-0.39, 0.29) is 5.91 Å². The van der Waals surface area contributed by atoms with Crippen LogP contribution in [0.15, 0.2) is 46.9 Å². The minimum Gasteiger partial charge on any atom is -0.324 e. The van der Waals surface area contributed by atoms with Crippen molar-refractivity contribution in [3.05, 3.63) is 63.9 Å². The molecule has 2 aromatic rings. The second-order valence-corrected chi connectivity index (χ2v) is 5.63. The Morgan fingerprint density at radius 2 is 1.95 bits per heavy atom. The first-order chi connectivity index (χ1) is 9.49. The first-order valence-electron chi connectivity index (χ1n) is 5.94. The molecule has 0 heterocycles. The second kappa shape index (κ2) is 6.37. The van der Waals surface area contributed by atoms with Crippen LogP contribution in [0.1, 0.15) is 16.5 Å². The van der Waals surface area contributed by atoms with Gasteiger partial charge in [-0.25, -0.2) is 4.39 Å². The number of carbonyl (C=O) groups is 1. The highest BCUT2D eigenvalue weighted by atomic mass is 79.9. The maximum absolute atomic E-state index is 13.5. The molecule has 0 aromatic heterocycles. The van der Waals surface area contributed by atoms with Crippen LogP contribution in [0.4, 0.5) is 10.1 Å². The number of anilines is 1. The summed E-state index contributed by atoms with van der Waals surface area (Å²) in [6.45, 7) is 1.78. The molecule has 2 rings (SSSR count). The zero-order valence-corrected chi connectivity index (χ0v) is 13.0. The lowest BCUT2D eigenvalue weighted by Gasteiger charge is -2.13. The molecule has 5 heteroatoms. The molecule has 0 aliphatic carbocycles. The minimum absolute atomic E-state index is 0.360. The predicted octanol–water partition coefficient (Wildman–Crippen LogP) is 4.82. The van der Waals surface area contributed by atoms with Gasteiger partial charge in [0, 0.05) is 5.69 Å². The number of hydrogen-bond donors (Lipinski definition) is 1. The predicted molar refractivity (Wildman–Crippen MR) is 82.5 cm³/mol. The Hall–Kier alpha value is -1.39. The third kappa shape index (κ3) is 3.38. The van der Waals surface area contributed by atoms with Crippen LogP contribution in [-0.2, 0) is 4.79 Å². The van der Waals surface area contributed by atoms with E-state index in [2.05, 4.69) is 21.2 Å². The Kier molecular flexibility index (Phi) is 4.78. The van der Waals surface area contributed by atoms with Crippen molar-refractivity contribution < 1.29 is 9.18 Å². The molecular formula is C15H12BrClFNO. The summed E-state index contributed by atoms with van der Waals surface area (Å²) >= 11 is 9.21. The van der Waals surface area contributed by atoms with Crippen LogP contribution in [0.2, 0.25) is 0 Å². The number of rotatable bonds is 3. The summed E-state index contributed by atoms with van der Waals surface area (Å²) in [7, 11) is 0. The molecule has 0 spiro atoms. The van der Waals surface area contributed by atoms with E-state index in [1.165, 1.54) is 6.07 Å². The topological polar surface area (TPSA) is 29.1 Å². The molecule has 0 saturated heterocycles. The number of hydrogen-bond acceptors (Lipinski definition) is 1. The average Bonchev–Trinajstić information content (AvgIpc) is 2.44. The molecule has 2 nitrogen and oxygen atoms in total. The van der Waals surface area contributed by atoms with Crippen molar-refractivity contribution in [3.63, 3.8) is 0 Å². The van der Waals surface area contributed by atoms with Gasteiger partial charge in [-0.15, -0.1) is 11.6 Å². The van der Waals surface area contributed by atoms with E-state index in [0.29, 0.717) is 15.7 Å². The van der Waals surface area contributed by atoms with Crippen molar-refractivity contribution in [2.75, 3.05) is 5.32 Å². The summed E-state index contributed by atoms with van der Waals surface area (Å²) in [6, 6.07) is 11.9. The van der Waals surface area contributed by atoms with Gasteiger partial charge in [0.25, 0.3) is 0 Å². The van der Waals surface area contributed by atoms with Crippen LogP contribution < -0.4 is 5.32 Å². The average molecular weight is 357 g/mol. The van der Waals surface area contributed by atoms with Gasteiger partial charge in [-0.3, -0.25) is 4.79 Å². The number of carbonyl (C=O) groups excluding carboxylic acids is 1. The summed E-state index contributed by atoms with van der Waals surface area (Å²) in [4.78, 5) is 12.1. The number of benzene rings is 2. The van der Waals surface area contributed by atoms with Crippen LogP contribution in [0, 0.1) is 12.7 Å². The van der Waals surface area contributed by atoms with Crippen molar-refractivity contribution in [2.24, 2.45) is 0 Å². The lowest BCUT2D eigenvalue weighted by molar-refractivity contribution is -0.116. The molecule has 0 aliphatic heterocycles. The molecule has 0 bridgehead atoms. The number of amides is 1. The number of alkyl halides is 1. The van der Waals surface area contributed by atoms with Gasteiger partial charge in [0.2, 0.25) is 5.91 Å². The highest BCUT2D eigenvalue weighted by Crippen LogP contribution is 2.26. The van der Waals surface area contributed by atoms with Crippen LogP contribution in [0.3, 0.4) is 0 Å². The molecule has 0 aliphatic rings. The second-order valence-electron chi connectivity index (χ2n) is 4.34. The lowest BCUT2D eigenvalue weighted by Crippen LogP contribution is -2.18. The normalized spacial score (nSPS) is 12.0. The minimum atomic E-state index is -0.817. The molecule has 0 saturated carbocycles. The van der Waals surface area contributed by atoms with E-state index in [9.17, 15) is 9.18 Å². The van der Waals surface area contributed by atoms with Crippen molar-refractivity contribution in [2.45, 2.75) is 12.3 Å². The van der Waals surface area contributed by atoms with Crippen molar-refractivity contribution >= 4 is 39.1 Å². The fourth-order valence-corrected chi connectivity index (χ4v) is 2.41. The molecule has 20 heavy (non-hydrogen) atoms. The van der Waals surface area contributed by atoms with Crippen LogP contribution >= 0.6 is 27.5 Å². The standard InChI is InChI=1S/C15H12BrClFNO/c1-9-7-11(16)12(18)8-13(9)19-15(20)14(17)10-5-3-2-4-6-10/h2-8,14H,1H3,(H,19,20). The van der Waals surface area contributed by atoms with Crippen LogP contribution in [-0.4, -0.2) is 5.91 Å². The van der Waals surface area contributed by atoms with Gasteiger partial charge in [0.05, 0.1) is 4.47 Å². The maximum atomic E-state index is 13.5. The van der Waals surface area contributed by atoms with E-state index in [1.807, 2.05) is 18.2 Å². The van der Waals surface area contributed by atoms with Gasteiger partial charge in [0.15, 0.2) is 0 Å². The molecule has 104 valence electrons. The smallest absolute Gasteiger partial charge is 0.246 e. The Morgan fingerprint density at radius 1 is 1.30 bits per heavy atom. The van der Waals surface area contributed by atoms with Gasteiger partial charge in [-0.2, -0.15) is 0 Å². The summed E-state index contributed by atoms with van der Waals surface area (Å²) in [5.41, 5.74) is 1.86. The van der Waals surface area contributed by atoms with Crippen molar-refractivity contribution in [3.8, 4) is 0 Å². The molecular weight excluding hydrogens is 345 g/mol. The third-order valence-corrected chi connectivity index (χ3v) is 3.91. The molecule has 0 fully saturated rings. The van der Waals surface area contributed by atoms with E-state index in [0.717, 1.165) is 5.56 Å². The van der Waals surface area contributed by atoms with E-state index < -0.39 is 11.2 Å². The Balaban J connectivity index is 2.18. The zero-order valence-electron chi connectivity index (χ0n) is 10.7. The van der Waals surface area contributed by atoms with E-state index in [1.54, 1.807) is 25.1 Å². The zero-order chi connectivity index (χ0) is 14.7. The molecule has 1 amide bonds. The summed E-state index contributed by atoms with van der Waals surface area (Å²) in [6.07, 6.45) is 0. The molecule has 0 radical (unpaired) electrons.